The van der Waals surface area contributed by atoms with E-state index < -0.39 is 24.0 Å². The SMILES string of the molecule is C[C@@H](OC(=O)c1ccc(NC(N)=O)cc1)C(=O)Nc1ccccc1-c1ccccc1. The molecular formula is C23H21N3O4. The molecule has 4 N–H and O–H groups in total. The van der Waals surface area contributed by atoms with E-state index in [4.69, 9.17) is 10.5 Å². The van der Waals surface area contributed by atoms with Crippen LogP contribution in [0.15, 0.2) is 78.9 Å². The van der Waals surface area contributed by atoms with Gasteiger partial charge in [-0.2, -0.15) is 0 Å². The van der Waals surface area contributed by atoms with Crippen molar-refractivity contribution < 1.29 is 19.1 Å². The molecule has 152 valence electrons. The highest BCUT2D eigenvalue weighted by molar-refractivity contribution is 6.00. The van der Waals surface area contributed by atoms with Crippen LogP contribution in [0, 0.1) is 0 Å². The summed E-state index contributed by atoms with van der Waals surface area (Å²) in [6.45, 7) is 1.50. The summed E-state index contributed by atoms with van der Waals surface area (Å²) in [5, 5.41) is 5.22. The van der Waals surface area contributed by atoms with Gasteiger partial charge in [-0.3, -0.25) is 4.79 Å². The van der Waals surface area contributed by atoms with Crippen LogP contribution < -0.4 is 16.4 Å². The van der Waals surface area contributed by atoms with Gasteiger partial charge < -0.3 is 21.1 Å². The zero-order valence-corrected chi connectivity index (χ0v) is 16.3. The van der Waals surface area contributed by atoms with Gasteiger partial charge in [0.2, 0.25) is 0 Å². The molecule has 0 unspecified atom stereocenters. The minimum atomic E-state index is -1.01. The number of carbonyl (C=O) groups is 3. The monoisotopic (exact) mass is 403 g/mol. The van der Waals surface area contributed by atoms with Crippen LogP contribution in [0.2, 0.25) is 0 Å². The average Bonchev–Trinajstić information content (AvgIpc) is 2.74. The molecule has 3 rings (SSSR count). The van der Waals surface area contributed by atoms with Crippen molar-refractivity contribution in [2.75, 3.05) is 10.6 Å². The molecule has 7 nitrogen and oxygen atoms in total. The van der Waals surface area contributed by atoms with Crippen molar-refractivity contribution >= 4 is 29.3 Å². The highest BCUT2D eigenvalue weighted by Gasteiger charge is 2.20. The van der Waals surface area contributed by atoms with Gasteiger partial charge in [-0.05, 0) is 42.8 Å². The molecule has 0 aliphatic rings. The number of esters is 1. The van der Waals surface area contributed by atoms with Crippen molar-refractivity contribution in [2.24, 2.45) is 5.73 Å². The van der Waals surface area contributed by atoms with Gasteiger partial charge in [-0.15, -0.1) is 0 Å². The molecule has 0 aliphatic heterocycles. The molecule has 3 aromatic rings. The maximum absolute atomic E-state index is 12.6. The highest BCUT2D eigenvalue weighted by atomic mass is 16.5. The largest absolute Gasteiger partial charge is 0.449 e. The second-order valence-electron chi connectivity index (χ2n) is 6.51. The van der Waals surface area contributed by atoms with Crippen molar-refractivity contribution in [3.8, 4) is 11.1 Å². The second-order valence-corrected chi connectivity index (χ2v) is 6.51. The van der Waals surface area contributed by atoms with Crippen LogP contribution in [0.25, 0.3) is 11.1 Å². The standard InChI is InChI=1S/C23H21N3O4/c1-15(30-22(28)17-11-13-18(14-12-17)25-23(24)29)21(27)26-20-10-6-5-9-19(20)16-7-3-2-4-8-16/h2-15H,1H3,(H,26,27)(H3,24,25,29)/t15-/m1/s1. The number of primary amides is 1. The molecule has 0 fully saturated rings. The lowest BCUT2D eigenvalue weighted by molar-refractivity contribution is -0.123. The van der Waals surface area contributed by atoms with Gasteiger partial charge in [0.25, 0.3) is 5.91 Å². The number of nitrogens with two attached hydrogens (primary N) is 1. The number of carbonyl (C=O) groups excluding carboxylic acids is 3. The molecule has 7 heteroatoms. The molecule has 30 heavy (non-hydrogen) atoms. The molecular weight excluding hydrogens is 382 g/mol. The van der Waals surface area contributed by atoms with Crippen molar-refractivity contribution in [1.82, 2.24) is 0 Å². The van der Waals surface area contributed by atoms with E-state index in [1.807, 2.05) is 48.5 Å². The first-order chi connectivity index (χ1) is 14.4. The first-order valence-electron chi connectivity index (χ1n) is 9.27. The Balaban J connectivity index is 1.65. The van der Waals surface area contributed by atoms with Gasteiger partial charge in [0, 0.05) is 16.9 Å². The van der Waals surface area contributed by atoms with Crippen LogP contribution in [0.1, 0.15) is 17.3 Å². The summed E-state index contributed by atoms with van der Waals surface area (Å²) in [6, 6.07) is 22.3. The molecule has 3 aromatic carbocycles. The van der Waals surface area contributed by atoms with E-state index in [1.54, 1.807) is 6.07 Å². The summed E-state index contributed by atoms with van der Waals surface area (Å²) < 4.78 is 5.27. The zero-order valence-electron chi connectivity index (χ0n) is 16.3. The molecule has 0 saturated heterocycles. The van der Waals surface area contributed by atoms with Crippen LogP contribution in [-0.4, -0.2) is 24.0 Å². The molecule has 0 spiro atoms. The van der Waals surface area contributed by atoms with E-state index in [-0.39, 0.29) is 5.56 Å². The highest BCUT2D eigenvalue weighted by Crippen LogP contribution is 2.27. The average molecular weight is 403 g/mol. The van der Waals surface area contributed by atoms with Crippen LogP contribution in [-0.2, 0) is 9.53 Å². The molecule has 0 saturated carbocycles. The van der Waals surface area contributed by atoms with Crippen LogP contribution in [0.4, 0.5) is 16.2 Å². The van der Waals surface area contributed by atoms with Crippen LogP contribution in [0.5, 0.6) is 0 Å². The number of amides is 3. The van der Waals surface area contributed by atoms with E-state index in [0.29, 0.717) is 11.4 Å². The van der Waals surface area contributed by atoms with E-state index in [9.17, 15) is 14.4 Å². The van der Waals surface area contributed by atoms with Gasteiger partial charge in [-0.1, -0.05) is 48.5 Å². The Morgan fingerprint density at radius 1 is 0.833 bits per heavy atom. The molecule has 0 aliphatic carbocycles. The number of urea groups is 1. The van der Waals surface area contributed by atoms with E-state index in [0.717, 1.165) is 11.1 Å². The van der Waals surface area contributed by atoms with Crippen molar-refractivity contribution in [3.05, 3.63) is 84.4 Å². The van der Waals surface area contributed by atoms with E-state index in [2.05, 4.69) is 10.6 Å². The molecule has 0 aromatic heterocycles. The van der Waals surface area contributed by atoms with Crippen molar-refractivity contribution in [3.63, 3.8) is 0 Å². The normalized spacial score (nSPS) is 11.2. The Labute approximate surface area is 173 Å². The summed E-state index contributed by atoms with van der Waals surface area (Å²) in [5.41, 5.74) is 8.19. The lowest BCUT2D eigenvalue weighted by Crippen LogP contribution is -2.30. The number of hydrogen-bond acceptors (Lipinski definition) is 4. The van der Waals surface area contributed by atoms with E-state index >= 15 is 0 Å². The number of ether oxygens (including phenoxy) is 1. The van der Waals surface area contributed by atoms with Crippen LogP contribution in [0.3, 0.4) is 0 Å². The zero-order chi connectivity index (χ0) is 21.5. The Hall–Kier alpha value is -4.13. The first-order valence-corrected chi connectivity index (χ1v) is 9.27. The number of para-hydroxylation sites is 1. The number of anilines is 2. The molecule has 3 amide bonds. The van der Waals surface area contributed by atoms with Gasteiger partial charge >= 0.3 is 12.0 Å². The third kappa shape index (κ3) is 5.23. The minimum absolute atomic E-state index is 0.245. The summed E-state index contributed by atoms with van der Waals surface area (Å²) in [6.07, 6.45) is -1.01. The topological polar surface area (TPSA) is 111 Å². The van der Waals surface area contributed by atoms with E-state index in [1.165, 1.54) is 31.2 Å². The molecule has 0 bridgehead atoms. The minimum Gasteiger partial charge on any atom is -0.449 e. The number of nitrogens with one attached hydrogen (secondary N) is 2. The number of hydrogen-bond donors (Lipinski definition) is 3. The van der Waals surface area contributed by atoms with Gasteiger partial charge in [0.05, 0.1) is 5.56 Å². The number of rotatable bonds is 6. The van der Waals surface area contributed by atoms with Crippen molar-refractivity contribution in [2.45, 2.75) is 13.0 Å². The Kier molecular flexibility index (Phi) is 6.44. The molecule has 0 radical (unpaired) electrons. The van der Waals surface area contributed by atoms with Gasteiger partial charge in [0.1, 0.15) is 0 Å². The summed E-state index contributed by atoms with van der Waals surface area (Å²) in [7, 11) is 0. The predicted molar refractivity (Wildman–Crippen MR) is 115 cm³/mol. The number of benzene rings is 3. The Bertz CT molecular complexity index is 1050. The maximum atomic E-state index is 12.6. The summed E-state index contributed by atoms with van der Waals surface area (Å²) >= 11 is 0. The molecule has 1 atom stereocenters. The van der Waals surface area contributed by atoms with Crippen LogP contribution >= 0.6 is 0 Å². The predicted octanol–water partition coefficient (Wildman–Crippen LogP) is 4.03. The summed E-state index contributed by atoms with van der Waals surface area (Å²) in [4.78, 5) is 35.8. The fraction of sp³-hybridized carbons (Fsp3) is 0.0870. The quantitative estimate of drug-likeness (QED) is 0.540. The Morgan fingerprint density at radius 2 is 1.47 bits per heavy atom. The third-order valence-electron chi connectivity index (χ3n) is 4.31. The maximum Gasteiger partial charge on any atom is 0.338 e. The summed E-state index contributed by atoms with van der Waals surface area (Å²) in [5.74, 6) is -1.10. The van der Waals surface area contributed by atoms with Crippen molar-refractivity contribution in [1.29, 1.82) is 0 Å². The smallest absolute Gasteiger partial charge is 0.338 e. The second kappa shape index (κ2) is 9.38. The first kappa shape index (κ1) is 20.6. The lowest BCUT2D eigenvalue weighted by Gasteiger charge is -2.16. The third-order valence-corrected chi connectivity index (χ3v) is 4.31. The fourth-order valence-corrected chi connectivity index (χ4v) is 2.81. The fourth-order valence-electron chi connectivity index (χ4n) is 2.81. The Morgan fingerprint density at radius 3 is 2.13 bits per heavy atom. The molecule has 0 heterocycles. The van der Waals surface area contributed by atoms with Gasteiger partial charge in [-0.25, -0.2) is 9.59 Å². The lowest BCUT2D eigenvalue weighted by atomic mass is 10.0. The van der Waals surface area contributed by atoms with Gasteiger partial charge in [0.15, 0.2) is 6.10 Å².